The maximum absolute atomic E-state index is 5.48. The van der Waals surface area contributed by atoms with Crippen molar-refractivity contribution in [3.8, 4) is 0 Å². The summed E-state index contributed by atoms with van der Waals surface area (Å²) in [6.45, 7) is 6.21. The van der Waals surface area contributed by atoms with E-state index in [1.165, 1.54) is 22.9 Å². The molecule has 0 amide bonds. The maximum atomic E-state index is 5.48. The van der Waals surface area contributed by atoms with E-state index in [1.807, 2.05) is 6.08 Å². The SMILES string of the molecule is C=CCCOCCNC1CC(c2cccc(Br)c2)C1. The Balaban J connectivity index is 1.57. The van der Waals surface area contributed by atoms with Crippen LogP contribution in [0.15, 0.2) is 41.4 Å². The van der Waals surface area contributed by atoms with Crippen LogP contribution in [-0.4, -0.2) is 25.8 Å². The van der Waals surface area contributed by atoms with Gasteiger partial charge in [-0.25, -0.2) is 0 Å². The number of rotatable bonds is 8. The summed E-state index contributed by atoms with van der Waals surface area (Å²) in [4.78, 5) is 0. The van der Waals surface area contributed by atoms with E-state index in [2.05, 4.69) is 52.1 Å². The predicted octanol–water partition coefficient (Wildman–Crippen LogP) is 3.88. The second kappa shape index (κ2) is 7.83. The molecule has 1 N–H and O–H groups in total. The first-order valence-corrected chi connectivity index (χ1v) is 7.76. The number of hydrogen-bond acceptors (Lipinski definition) is 2. The molecule has 1 saturated carbocycles. The van der Waals surface area contributed by atoms with Gasteiger partial charge in [0.05, 0.1) is 13.2 Å². The van der Waals surface area contributed by atoms with Crippen molar-refractivity contribution in [2.24, 2.45) is 0 Å². The Morgan fingerprint density at radius 2 is 2.21 bits per heavy atom. The minimum atomic E-state index is 0.659. The van der Waals surface area contributed by atoms with Gasteiger partial charge in [-0.05, 0) is 42.9 Å². The summed E-state index contributed by atoms with van der Waals surface area (Å²) in [5.41, 5.74) is 1.45. The lowest BCUT2D eigenvalue weighted by Gasteiger charge is -2.36. The van der Waals surface area contributed by atoms with Gasteiger partial charge in [0.1, 0.15) is 0 Å². The largest absolute Gasteiger partial charge is 0.380 e. The Morgan fingerprint density at radius 3 is 2.95 bits per heavy atom. The van der Waals surface area contributed by atoms with Gasteiger partial charge in [-0.1, -0.05) is 34.1 Å². The van der Waals surface area contributed by atoms with Gasteiger partial charge < -0.3 is 10.1 Å². The summed E-state index contributed by atoms with van der Waals surface area (Å²) in [6, 6.07) is 9.32. The van der Waals surface area contributed by atoms with Crippen LogP contribution in [0.3, 0.4) is 0 Å². The van der Waals surface area contributed by atoms with Crippen molar-refractivity contribution >= 4 is 15.9 Å². The van der Waals surface area contributed by atoms with Gasteiger partial charge in [0.15, 0.2) is 0 Å². The van der Waals surface area contributed by atoms with Gasteiger partial charge >= 0.3 is 0 Å². The van der Waals surface area contributed by atoms with E-state index in [0.29, 0.717) is 6.04 Å². The topological polar surface area (TPSA) is 21.3 Å². The number of ether oxygens (including phenoxy) is 1. The molecule has 0 aliphatic heterocycles. The minimum absolute atomic E-state index is 0.659. The molecule has 0 aromatic heterocycles. The summed E-state index contributed by atoms with van der Waals surface area (Å²) >= 11 is 3.53. The molecule has 0 bridgehead atoms. The molecule has 0 atom stereocenters. The summed E-state index contributed by atoms with van der Waals surface area (Å²) in [6.07, 6.45) is 5.31. The molecule has 0 radical (unpaired) electrons. The Kier molecular flexibility index (Phi) is 6.08. The second-order valence-corrected chi connectivity index (χ2v) is 5.98. The van der Waals surface area contributed by atoms with Gasteiger partial charge in [0, 0.05) is 17.1 Å². The van der Waals surface area contributed by atoms with E-state index >= 15 is 0 Å². The summed E-state index contributed by atoms with van der Waals surface area (Å²) in [5.74, 6) is 0.719. The van der Waals surface area contributed by atoms with E-state index in [1.54, 1.807) is 0 Å². The molecule has 1 aromatic carbocycles. The average molecular weight is 324 g/mol. The first kappa shape index (κ1) is 14.8. The van der Waals surface area contributed by atoms with E-state index in [9.17, 15) is 0 Å². The van der Waals surface area contributed by atoms with Crippen molar-refractivity contribution < 1.29 is 4.74 Å². The van der Waals surface area contributed by atoms with Crippen LogP contribution in [0.5, 0.6) is 0 Å². The highest BCUT2D eigenvalue weighted by atomic mass is 79.9. The molecule has 0 heterocycles. The minimum Gasteiger partial charge on any atom is -0.380 e. The highest BCUT2D eigenvalue weighted by Crippen LogP contribution is 2.37. The standard InChI is InChI=1S/C16H22BrNO/c1-2-3-8-19-9-7-18-16-11-14(12-16)13-5-4-6-15(17)10-13/h2,4-6,10,14,16,18H,1,3,7-9,11-12H2. The van der Waals surface area contributed by atoms with Gasteiger partial charge in [-0.2, -0.15) is 0 Å². The van der Waals surface area contributed by atoms with E-state index in [4.69, 9.17) is 4.74 Å². The Morgan fingerprint density at radius 1 is 1.37 bits per heavy atom. The van der Waals surface area contributed by atoms with Crippen LogP contribution < -0.4 is 5.32 Å². The molecule has 1 aliphatic carbocycles. The zero-order chi connectivity index (χ0) is 13.5. The maximum Gasteiger partial charge on any atom is 0.0591 e. The van der Waals surface area contributed by atoms with Crippen molar-refractivity contribution in [2.75, 3.05) is 19.8 Å². The van der Waals surface area contributed by atoms with Gasteiger partial charge in [-0.3, -0.25) is 0 Å². The molecule has 1 aromatic rings. The lowest BCUT2D eigenvalue weighted by Crippen LogP contribution is -2.41. The summed E-state index contributed by atoms with van der Waals surface area (Å²) < 4.78 is 6.66. The van der Waals surface area contributed by atoms with Crippen LogP contribution in [0, 0.1) is 0 Å². The number of halogens is 1. The molecule has 2 nitrogen and oxygen atoms in total. The number of hydrogen-bond donors (Lipinski definition) is 1. The average Bonchev–Trinajstić information content (AvgIpc) is 2.35. The van der Waals surface area contributed by atoms with Crippen LogP contribution in [0.2, 0.25) is 0 Å². The fourth-order valence-electron chi connectivity index (χ4n) is 2.42. The molecule has 19 heavy (non-hydrogen) atoms. The molecule has 2 rings (SSSR count). The normalized spacial score (nSPS) is 21.9. The van der Waals surface area contributed by atoms with Gasteiger partial charge in [-0.15, -0.1) is 6.58 Å². The van der Waals surface area contributed by atoms with E-state index in [-0.39, 0.29) is 0 Å². The zero-order valence-corrected chi connectivity index (χ0v) is 12.9. The molecule has 3 heteroatoms. The molecule has 0 spiro atoms. The fourth-order valence-corrected chi connectivity index (χ4v) is 2.84. The molecular formula is C16H22BrNO. The Bertz CT molecular complexity index is 401. The monoisotopic (exact) mass is 323 g/mol. The van der Waals surface area contributed by atoms with Crippen molar-refractivity contribution in [1.82, 2.24) is 5.32 Å². The highest BCUT2D eigenvalue weighted by molar-refractivity contribution is 9.10. The fraction of sp³-hybridized carbons (Fsp3) is 0.500. The van der Waals surface area contributed by atoms with Gasteiger partial charge in [0.2, 0.25) is 0 Å². The van der Waals surface area contributed by atoms with Crippen molar-refractivity contribution in [1.29, 1.82) is 0 Å². The molecule has 1 fully saturated rings. The van der Waals surface area contributed by atoms with Crippen LogP contribution in [0.4, 0.5) is 0 Å². The van der Waals surface area contributed by atoms with Crippen LogP contribution in [0.25, 0.3) is 0 Å². The Labute approximate surface area is 124 Å². The molecule has 1 aliphatic rings. The smallest absolute Gasteiger partial charge is 0.0591 e. The third-order valence-corrected chi connectivity index (χ3v) is 4.10. The Hall–Kier alpha value is -0.640. The van der Waals surface area contributed by atoms with Crippen LogP contribution in [0.1, 0.15) is 30.7 Å². The lowest BCUT2D eigenvalue weighted by atomic mass is 9.76. The third-order valence-electron chi connectivity index (χ3n) is 3.60. The van der Waals surface area contributed by atoms with Crippen LogP contribution in [-0.2, 0) is 4.74 Å². The predicted molar refractivity (Wildman–Crippen MR) is 83.5 cm³/mol. The van der Waals surface area contributed by atoms with Crippen molar-refractivity contribution in [3.63, 3.8) is 0 Å². The van der Waals surface area contributed by atoms with Gasteiger partial charge in [0.25, 0.3) is 0 Å². The van der Waals surface area contributed by atoms with E-state index in [0.717, 1.165) is 32.1 Å². The molecule has 0 unspecified atom stereocenters. The molecule has 0 saturated heterocycles. The third kappa shape index (κ3) is 4.75. The zero-order valence-electron chi connectivity index (χ0n) is 11.3. The summed E-state index contributed by atoms with van der Waals surface area (Å²) in [5, 5.41) is 3.55. The first-order valence-electron chi connectivity index (χ1n) is 6.97. The lowest BCUT2D eigenvalue weighted by molar-refractivity contribution is 0.133. The first-order chi connectivity index (χ1) is 9.29. The quantitative estimate of drug-likeness (QED) is 0.579. The number of nitrogens with one attached hydrogen (secondary N) is 1. The molecule has 104 valence electrons. The van der Waals surface area contributed by atoms with Crippen LogP contribution >= 0.6 is 15.9 Å². The van der Waals surface area contributed by atoms with Crippen molar-refractivity contribution in [2.45, 2.75) is 31.2 Å². The highest BCUT2D eigenvalue weighted by Gasteiger charge is 2.29. The number of benzene rings is 1. The summed E-state index contributed by atoms with van der Waals surface area (Å²) in [7, 11) is 0. The van der Waals surface area contributed by atoms with Crippen molar-refractivity contribution in [3.05, 3.63) is 47.0 Å². The second-order valence-electron chi connectivity index (χ2n) is 5.06. The van der Waals surface area contributed by atoms with E-state index < -0.39 is 0 Å². The molecular weight excluding hydrogens is 302 g/mol.